The molecule has 3 aliphatic rings. The van der Waals surface area contributed by atoms with Crippen LogP contribution < -0.4 is 0 Å². The van der Waals surface area contributed by atoms with Gasteiger partial charge in [-0.2, -0.15) is 0 Å². The van der Waals surface area contributed by atoms with Crippen LogP contribution in [0.4, 0.5) is 0 Å². The summed E-state index contributed by atoms with van der Waals surface area (Å²) in [6.45, 7) is 0. The third-order valence-corrected chi connectivity index (χ3v) is 4.02. The van der Waals surface area contributed by atoms with E-state index in [9.17, 15) is 0 Å². The molecule has 3 atom stereocenters. The Hall–Kier alpha value is 0. The second kappa shape index (κ2) is 1.78. The highest BCUT2D eigenvalue weighted by Gasteiger charge is 2.45. The van der Waals surface area contributed by atoms with Crippen LogP contribution in [-0.4, -0.2) is 0 Å². The normalized spacial score (nSPS) is 52.2. The predicted molar refractivity (Wildman–Crippen MR) is 41.7 cm³/mol. The average molecular weight is 136 g/mol. The second-order valence-electron chi connectivity index (χ2n) is 4.68. The molecule has 3 rings (SSSR count). The van der Waals surface area contributed by atoms with Crippen molar-refractivity contribution < 1.29 is 0 Å². The van der Waals surface area contributed by atoms with Crippen LogP contribution in [0.2, 0.25) is 0 Å². The zero-order valence-electron chi connectivity index (χ0n) is 6.55. The van der Waals surface area contributed by atoms with Crippen LogP contribution in [0.25, 0.3) is 0 Å². The van der Waals surface area contributed by atoms with Crippen LogP contribution in [-0.2, 0) is 0 Å². The second-order valence-corrected chi connectivity index (χ2v) is 4.68. The number of hydrogen-bond donors (Lipinski definition) is 0. The van der Waals surface area contributed by atoms with Crippen molar-refractivity contribution in [1.29, 1.82) is 0 Å². The molecule has 0 heterocycles. The molecule has 0 aromatic heterocycles. The van der Waals surface area contributed by atoms with Crippen molar-refractivity contribution in [2.75, 3.05) is 0 Å². The highest BCUT2D eigenvalue weighted by atomic mass is 14.5. The van der Waals surface area contributed by atoms with E-state index < -0.39 is 0 Å². The highest BCUT2D eigenvalue weighted by Crippen LogP contribution is 2.56. The first kappa shape index (κ1) is 5.62. The molecule has 2 bridgehead atoms. The van der Waals surface area contributed by atoms with Crippen LogP contribution >= 0.6 is 0 Å². The number of rotatable bonds is 1. The van der Waals surface area contributed by atoms with Crippen molar-refractivity contribution in [2.45, 2.75) is 38.5 Å². The standard InChI is InChI=1S/C10H16/c1-2-9-5-7(1)6-10(9)8-3-4-8/h7-10H,1-6H2. The summed E-state index contributed by atoms with van der Waals surface area (Å²) in [5, 5.41) is 0. The van der Waals surface area contributed by atoms with E-state index in [0.29, 0.717) is 0 Å². The van der Waals surface area contributed by atoms with Crippen LogP contribution in [0.3, 0.4) is 0 Å². The molecule has 3 saturated carbocycles. The van der Waals surface area contributed by atoms with Gasteiger partial charge in [0.25, 0.3) is 0 Å². The van der Waals surface area contributed by atoms with E-state index in [-0.39, 0.29) is 0 Å². The van der Waals surface area contributed by atoms with Gasteiger partial charge in [0.1, 0.15) is 0 Å². The molecule has 0 spiro atoms. The summed E-state index contributed by atoms with van der Waals surface area (Å²) in [6, 6.07) is 0. The van der Waals surface area contributed by atoms with Gasteiger partial charge in [0.15, 0.2) is 0 Å². The fourth-order valence-electron chi connectivity index (χ4n) is 3.40. The first-order valence-electron chi connectivity index (χ1n) is 4.93. The van der Waals surface area contributed by atoms with Crippen LogP contribution in [0.15, 0.2) is 0 Å². The number of hydrogen-bond acceptors (Lipinski definition) is 0. The van der Waals surface area contributed by atoms with E-state index in [2.05, 4.69) is 0 Å². The smallest absolute Gasteiger partial charge is 0.0355 e. The topological polar surface area (TPSA) is 0 Å². The van der Waals surface area contributed by atoms with Crippen LogP contribution in [0, 0.1) is 23.7 Å². The third kappa shape index (κ3) is 0.681. The Balaban J connectivity index is 1.77. The van der Waals surface area contributed by atoms with Gasteiger partial charge in [-0.25, -0.2) is 0 Å². The van der Waals surface area contributed by atoms with E-state index in [4.69, 9.17) is 0 Å². The molecule has 0 amide bonds. The lowest BCUT2D eigenvalue weighted by atomic mass is 9.85. The molecule has 0 aromatic rings. The molecule has 3 unspecified atom stereocenters. The van der Waals surface area contributed by atoms with Crippen molar-refractivity contribution in [2.24, 2.45) is 23.7 Å². The van der Waals surface area contributed by atoms with Gasteiger partial charge in [-0.05, 0) is 55.8 Å². The minimum absolute atomic E-state index is 1.18. The molecule has 0 heteroatoms. The van der Waals surface area contributed by atoms with Gasteiger partial charge in [-0.15, -0.1) is 0 Å². The Morgan fingerprint density at radius 2 is 1.50 bits per heavy atom. The third-order valence-electron chi connectivity index (χ3n) is 4.02. The zero-order chi connectivity index (χ0) is 6.55. The summed E-state index contributed by atoms with van der Waals surface area (Å²) in [5.41, 5.74) is 0. The maximum Gasteiger partial charge on any atom is -0.0355 e. The summed E-state index contributed by atoms with van der Waals surface area (Å²) in [5.74, 6) is 4.78. The molecule has 0 saturated heterocycles. The minimum Gasteiger partial charge on any atom is -0.0502 e. The van der Waals surface area contributed by atoms with Crippen LogP contribution in [0.1, 0.15) is 38.5 Å². The lowest BCUT2D eigenvalue weighted by Gasteiger charge is -2.20. The summed E-state index contributed by atoms with van der Waals surface area (Å²) in [4.78, 5) is 0. The Kier molecular flexibility index (Phi) is 1.00. The van der Waals surface area contributed by atoms with Gasteiger partial charge in [0.2, 0.25) is 0 Å². The van der Waals surface area contributed by atoms with Crippen molar-refractivity contribution in [3.63, 3.8) is 0 Å². The molecule has 0 aromatic carbocycles. The minimum atomic E-state index is 1.18. The SMILES string of the molecule is C1CC2CC1CC2C1CC1. The van der Waals surface area contributed by atoms with Crippen molar-refractivity contribution >= 4 is 0 Å². The van der Waals surface area contributed by atoms with Gasteiger partial charge >= 0.3 is 0 Å². The Labute approximate surface area is 63.0 Å². The Morgan fingerprint density at radius 3 is 2.00 bits per heavy atom. The monoisotopic (exact) mass is 136 g/mol. The molecule has 3 aliphatic carbocycles. The van der Waals surface area contributed by atoms with E-state index in [1.165, 1.54) is 23.7 Å². The van der Waals surface area contributed by atoms with Crippen molar-refractivity contribution in [1.82, 2.24) is 0 Å². The molecular formula is C10H16. The number of fused-ring (bicyclic) bond motifs is 2. The van der Waals surface area contributed by atoms with Crippen molar-refractivity contribution in [3.8, 4) is 0 Å². The summed E-state index contributed by atoms with van der Waals surface area (Å²) < 4.78 is 0. The molecule has 0 radical (unpaired) electrons. The lowest BCUT2D eigenvalue weighted by molar-refractivity contribution is 0.298. The summed E-state index contributed by atoms with van der Waals surface area (Å²) >= 11 is 0. The molecule has 3 fully saturated rings. The zero-order valence-corrected chi connectivity index (χ0v) is 6.55. The maximum atomic E-state index is 1.62. The van der Waals surface area contributed by atoms with Gasteiger partial charge < -0.3 is 0 Å². The first-order chi connectivity index (χ1) is 4.93. The lowest BCUT2D eigenvalue weighted by Crippen LogP contribution is -2.11. The van der Waals surface area contributed by atoms with Gasteiger partial charge in [-0.1, -0.05) is 6.42 Å². The van der Waals surface area contributed by atoms with Crippen LogP contribution in [0.5, 0.6) is 0 Å². The van der Waals surface area contributed by atoms with E-state index in [1.54, 1.807) is 38.5 Å². The van der Waals surface area contributed by atoms with E-state index in [1.807, 2.05) is 0 Å². The summed E-state index contributed by atoms with van der Waals surface area (Å²) in [7, 11) is 0. The molecule has 0 aliphatic heterocycles. The predicted octanol–water partition coefficient (Wildman–Crippen LogP) is 2.83. The fourth-order valence-corrected chi connectivity index (χ4v) is 3.40. The molecular weight excluding hydrogens is 120 g/mol. The van der Waals surface area contributed by atoms with Gasteiger partial charge in [0, 0.05) is 0 Å². The highest BCUT2D eigenvalue weighted by molar-refractivity contribution is 4.96. The van der Waals surface area contributed by atoms with Gasteiger partial charge in [0.05, 0.1) is 0 Å². The average Bonchev–Trinajstić information content (AvgIpc) is 2.60. The first-order valence-corrected chi connectivity index (χ1v) is 4.93. The Bertz CT molecular complexity index is 146. The van der Waals surface area contributed by atoms with Gasteiger partial charge in [-0.3, -0.25) is 0 Å². The molecule has 56 valence electrons. The molecule has 0 N–H and O–H groups in total. The maximum absolute atomic E-state index is 1.62. The summed E-state index contributed by atoms with van der Waals surface area (Å²) in [6.07, 6.45) is 9.55. The molecule has 10 heavy (non-hydrogen) atoms. The molecule has 0 nitrogen and oxygen atoms in total. The van der Waals surface area contributed by atoms with E-state index >= 15 is 0 Å². The Morgan fingerprint density at radius 1 is 0.700 bits per heavy atom. The largest absolute Gasteiger partial charge is 0.0502 e. The van der Waals surface area contributed by atoms with Crippen molar-refractivity contribution in [3.05, 3.63) is 0 Å². The quantitative estimate of drug-likeness (QED) is 0.520. The van der Waals surface area contributed by atoms with E-state index in [0.717, 1.165) is 0 Å². The fraction of sp³-hybridized carbons (Fsp3) is 1.00.